The third kappa shape index (κ3) is 3.04. The van der Waals surface area contributed by atoms with Crippen molar-refractivity contribution >= 4 is 16.8 Å². The van der Waals surface area contributed by atoms with E-state index in [1.807, 2.05) is 20.8 Å². The fourth-order valence-electron chi connectivity index (χ4n) is 0.997. The third-order valence-corrected chi connectivity index (χ3v) is 1.76. The molecular weight excluding hydrogens is 162 g/mol. The minimum atomic E-state index is -0.386. The Labute approximate surface area is 72.4 Å². The molecule has 2 nitrogen and oxygen atoms in total. The summed E-state index contributed by atoms with van der Waals surface area (Å²) in [5.41, 5.74) is 6.90. The lowest BCUT2D eigenvalue weighted by molar-refractivity contribution is -0.109. The first-order valence-corrected chi connectivity index (χ1v) is 3.98. The Balaban J connectivity index is 4.73. The lowest BCUT2D eigenvalue weighted by atomic mass is 9.99. The Hall–Kier alpha value is -0.340. The minimum Gasteiger partial charge on any atom is -0.327 e. The third-order valence-electron chi connectivity index (χ3n) is 1.56. The number of hydrogen-bond acceptors (Lipinski definition) is 2. The molecule has 0 rings (SSSR count). The molecule has 11 heavy (non-hydrogen) atoms. The number of rotatable bonds is 3. The zero-order chi connectivity index (χ0) is 9.02. The van der Waals surface area contributed by atoms with Crippen molar-refractivity contribution in [3.63, 3.8) is 0 Å². The Kier molecular flexibility index (Phi) is 4.38. The summed E-state index contributed by atoms with van der Waals surface area (Å²) < 4.78 is 0. The van der Waals surface area contributed by atoms with Crippen LogP contribution >= 0.6 is 11.6 Å². The number of carbonyl (C=O) groups is 1. The molecule has 0 radical (unpaired) electrons. The standard InChI is InChI=1S/C8H14ClNO/c1-5(2)7(8(9)11)6(3)4-10/h5H,4,10H2,1-3H3. The van der Waals surface area contributed by atoms with Crippen molar-refractivity contribution < 1.29 is 4.79 Å². The molecule has 0 amide bonds. The molecular formula is C8H14ClNO. The van der Waals surface area contributed by atoms with Crippen LogP contribution in [0.2, 0.25) is 0 Å². The molecule has 0 saturated heterocycles. The van der Waals surface area contributed by atoms with Gasteiger partial charge < -0.3 is 5.73 Å². The number of carbonyl (C=O) groups excluding carboxylic acids is 1. The number of nitrogens with two attached hydrogens (primary N) is 1. The monoisotopic (exact) mass is 175 g/mol. The van der Waals surface area contributed by atoms with Crippen molar-refractivity contribution in [2.75, 3.05) is 6.54 Å². The van der Waals surface area contributed by atoms with Crippen molar-refractivity contribution in [2.45, 2.75) is 20.8 Å². The molecule has 0 aromatic carbocycles. The molecule has 0 spiro atoms. The summed E-state index contributed by atoms with van der Waals surface area (Å²) in [5, 5.41) is -0.386. The zero-order valence-corrected chi connectivity index (χ0v) is 7.90. The van der Waals surface area contributed by atoms with Crippen LogP contribution in [0.4, 0.5) is 0 Å². The summed E-state index contributed by atoms with van der Waals surface area (Å²) in [7, 11) is 0. The van der Waals surface area contributed by atoms with E-state index in [1.165, 1.54) is 0 Å². The normalized spacial score (nSPS) is 13.3. The number of halogens is 1. The van der Waals surface area contributed by atoms with E-state index < -0.39 is 0 Å². The van der Waals surface area contributed by atoms with Gasteiger partial charge in [-0.2, -0.15) is 0 Å². The first kappa shape index (κ1) is 10.7. The quantitative estimate of drug-likeness (QED) is 0.524. The molecule has 0 aromatic heterocycles. The van der Waals surface area contributed by atoms with Gasteiger partial charge in [0.25, 0.3) is 0 Å². The van der Waals surface area contributed by atoms with Crippen molar-refractivity contribution in [1.82, 2.24) is 0 Å². The van der Waals surface area contributed by atoms with Crippen molar-refractivity contribution in [3.05, 3.63) is 11.1 Å². The predicted molar refractivity (Wildman–Crippen MR) is 47.5 cm³/mol. The van der Waals surface area contributed by atoms with Gasteiger partial charge in [-0.15, -0.1) is 0 Å². The molecule has 0 saturated carbocycles. The molecule has 0 atom stereocenters. The van der Waals surface area contributed by atoms with E-state index in [4.69, 9.17) is 17.3 Å². The number of allylic oxidation sites excluding steroid dienone is 1. The van der Waals surface area contributed by atoms with Crippen LogP contribution in [-0.2, 0) is 4.79 Å². The summed E-state index contributed by atoms with van der Waals surface area (Å²) >= 11 is 5.36. The van der Waals surface area contributed by atoms with Gasteiger partial charge in [-0.05, 0) is 24.4 Å². The van der Waals surface area contributed by atoms with Gasteiger partial charge in [-0.3, -0.25) is 4.79 Å². The van der Waals surface area contributed by atoms with Gasteiger partial charge >= 0.3 is 0 Å². The van der Waals surface area contributed by atoms with Crippen LogP contribution in [0.3, 0.4) is 0 Å². The highest BCUT2D eigenvalue weighted by molar-refractivity contribution is 6.67. The van der Waals surface area contributed by atoms with Crippen LogP contribution in [0.25, 0.3) is 0 Å². The van der Waals surface area contributed by atoms with Crippen molar-refractivity contribution in [1.29, 1.82) is 0 Å². The summed E-state index contributed by atoms with van der Waals surface area (Å²) in [6.45, 7) is 6.07. The van der Waals surface area contributed by atoms with E-state index in [0.717, 1.165) is 5.57 Å². The van der Waals surface area contributed by atoms with Crippen molar-refractivity contribution in [3.8, 4) is 0 Å². The highest BCUT2D eigenvalue weighted by Gasteiger charge is 2.12. The van der Waals surface area contributed by atoms with E-state index in [9.17, 15) is 4.79 Å². The summed E-state index contributed by atoms with van der Waals surface area (Å²) in [6, 6.07) is 0. The average Bonchev–Trinajstić information content (AvgIpc) is 1.85. The van der Waals surface area contributed by atoms with Crippen molar-refractivity contribution in [2.24, 2.45) is 11.7 Å². The van der Waals surface area contributed by atoms with E-state index >= 15 is 0 Å². The lowest BCUT2D eigenvalue weighted by Crippen LogP contribution is -2.11. The van der Waals surface area contributed by atoms with Gasteiger partial charge in [-0.1, -0.05) is 19.4 Å². The van der Waals surface area contributed by atoms with E-state index in [-0.39, 0.29) is 11.2 Å². The average molecular weight is 176 g/mol. The van der Waals surface area contributed by atoms with Crippen LogP contribution in [0.5, 0.6) is 0 Å². The molecule has 0 aliphatic rings. The largest absolute Gasteiger partial charge is 0.327 e. The lowest BCUT2D eigenvalue weighted by Gasteiger charge is -2.09. The first-order chi connectivity index (χ1) is 5.00. The fraction of sp³-hybridized carbons (Fsp3) is 0.625. The maximum atomic E-state index is 10.8. The highest BCUT2D eigenvalue weighted by atomic mass is 35.5. The Morgan fingerprint density at radius 1 is 1.55 bits per heavy atom. The van der Waals surface area contributed by atoms with Crippen LogP contribution in [0.15, 0.2) is 11.1 Å². The number of hydrogen-bond donors (Lipinski definition) is 1. The van der Waals surface area contributed by atoms with Crippen LogP contribution in [-0.4, -0.2) is 11.8 Å². The smallest absolute Gasteiger partial charge is 0.248 e. The second-order valence-corrected chi connectivity index (χ2v) is 3.17. The maximum absolute atomic E-state index is 10.8. The maximum Gasteiger partial charge on any atom is 0.248 e. The molecule has 64 valence electrons. The molecule has 0 fully saturated rings. The molecule has 0 aliphatic heterocycles. The first-order valence-electron chi connectivity index (χ1n) is 3.60. The Morgan fingerprint density at radius 2 is 2.00 bits per heavy atom. The zero-order valence-electron chi connectivity index (χ0n) is 7.15. The van der Waals surface area contributed by atoms with Crippen LogP contribution < -0.4 is 5.73 Å². The van der Waals surface area contributed by atoms with E-state index in [1.54, 1.807) is 0 Å². The predicted octanol–water partition coefficient (Wildman–Crippen LogP) is 1.68. The molecule has 2 N–H and O–H groups in total. The van der Waals surface area contributed by atoms with E-state index in [0.29, 0.717) is 12.1 Å². The topological polar surface area (TPSA) is 43.1 Å². The molecule has 3 heteroatoms. The van der Waals surface area contributed by atoms with Gasteiger partial charge in [0.05, 0.1) is 0 Å². The van der Waals surface area contributed by atoms with Gasteiger partial charge in [0.1, 0.15) is 0 Å². The minimum absolute atomic E-state index is 0.156. The molecule has 0 unspecified atom stereocenters. The highest BCUT2D eigenvalue weighted by Crippen LogP contribution is 2.16. The van der Waals surface area contributed by atoms with E-state index in [2.05, 4.69) is 0 Å². The SMILES string of the molecule is CC(CN)=C(C(=O)Cl)C(C)C. The van der Waals surface area contributed by atoms with Crippen LogP contribution in [0.1, 0.15) is 20.8 Å². The fourth-order valence-corrected chi connectivity index (χ4v) is 1.38. The Morgan fingerprint density at radius 3 is 2.09 bits per heavy atom. The van der Waals surface area contributed by atoms with Gasteiger partial charge in [0.2, 0.25) is 5.24 Å². The summed E-state index contributed by atoms with van der Waals surface area (Å²) in [6.07, 6.45) is 0. The Bertz CT molecular complexity index is 185. The van der Waals surface area contributed by atoms with Gasteiger partial charge in [0.15, 0.2) is 0 Å². The van der Waals surface area contributed by atoms with Crippen LogP contribution in [0, 0.1) is 5.92 Å². The summed E-state index contributed by atoms with van der Waals surface area (Å²) in [4.78, 5) is 10.8. The molecule has 0 aromatic rings. The molecule has 0 aliphatic carbocycles. The summed E-state index contributed by atoms with van der Waals surface area (Å²) in [5.74, 6) is 0.156. The molecule has 0 bridgehead atoms. The second kappa shape index (κ2) is 4.52. The molecule has 0 heterocycles. The second-order valence-electron chi connectivity index (χ2n) is 2.83. The van der Waals surface area contributed by atoms with Gasteiger partial charge in [-0.25, -0.2) is 0 Å². The van der Waals surface area contributed by atoms with Gasteiger partial charge in [0, 0.05) is 12.1 Å².